The Bertz CT molecular complexity index is 3120. The lowest BCUT2D eigenvalue weighted by molar-refractivity contribution is 0.673. The molecule has 4 aromatic heterocycles. The molecule has 11 rings (SSSR count). The van der Waals surface area contributed by atoms with Gasteiger partial charge in [-0.1, -0.05) is 94.8 Å². The van der Waals surface area contributed by atoms with Crippen LogP contribution in [0.1, 0.15) is 0 Å². The van der Waals surface area contributed by atoms with Crippen molar-refractivity contribution in [3.05, 3.63) is 138 Å². The summed E-state index contributed by atoms with van der Waals surface area (Å²) in [5.74, 6) is 0.841. The van der Waals surface area contributed by atoms with Crippen molar-refractivity contribution in [3.8, 4) is 5.82 Å². The van der Waals surface area contributed by atoms with E-state index in [1.165, 1.54) is 26.9 Å². The highest BCUT2D eigenvalue weighted by molar-refractivity contribution is 9.10. The first kappa shape index (κ1) is 25.4. The number of benzene rings is 7. The van der Waals surface area contributed by atoms with Gasteiger partial charge in [0.25, 0.3) is 0 Å². The average molecular weight is 665 g/mol. The van der Waals surface area contributed by atoms with Crippen LogP contribution in [0.3, 0.4) is 0 Å². The number of nitrogens with zero attached hydrogens (tertiary/aromatic N) is 3. The Kier molecular flexibility index (Phi) is 4.95. The van der Waals surface area contributed by atoms with Crippen molar-refractivity contribution in [2.24, 2.45) is 0 Å². The molecule has 7 aromatic carbocycles. The fourth-order valence-corrected chi connectivity index (χ4v) is 8.21. The van der Waals surface area contributed by atoms with Crippen LogP contribution in [0, 0.1) is 0 Å². The maximum absolute atomic E-state index is 6.92. The Hall–Kier alpha value is -5.78. The summed E-state index contributed by atoms with van der Waals surface area (Å²) in [5, 5.41) is 13.9. The van der Waals surface area contributed by atoms with Crippen LogP contribution >= 0.6 is 15.9 Å². The minimum absolute atomic E-state index is 0.841. The zero-order valence-corrected chi connectivity index (χ0v) is 26.4. The van der Waals surface area contributed by atoms with E-state index >= 15 is 0 Å². The summed E-state index contributed by atoms with van der Waals surface area (Å²) in [6, 6.07) is 45.3. The van der Waals surface area contributed by atoms with Crippen LogP contribution in [-0.4, -0.2) is 14.5 Å². The molecule has 47 heavy (non-hydrogen) atoms. The molecule has 0 aliphatic rings. The number of hydrogen-bond acceptors (Lipinski definition) is 3. The van der Waals surface area contributed by atoms with E-state index in [0.29, 0.717) is 0 Å². The first-order valence-electron chi connectivity index (χ1n) is 15.7. The zero-order chi connectivity index (χ0) is 30.8. The van der Waals surface area contributed by atoms with Gasteiger partial charge in [-0.05, 0) is 75.5 Å². The zero-order valence-electron chi connectivity index (χ0n) is 24.8. The summed E-state index contributed by atoms with van der Waals surface area (Å²) in [4.78, 5) is 10.1. The Balaban J connectivity index is 1.34. The molecule has 0 aliphatic carbocycles. The van der Waals surface area contributed by atoms with Gasteiger partial charge in [0.2, 0.25) is 0 Å². The molecule has 0 unspecified atom stereocenters. The molecule has 0 N–H and O–H groups in total. The third-order valence-electron chi connectivity index (χ3n) is 9.84. The number of halogens is 1. The van der Waals surface area contributed by atoms with Gasteiger partial charge in [-0.3, -0.25) is 9.55 Å². The van der Waals surface area contributed by atoms with Crippen LogP contribution in [0.25, 0.3) is 104 Å². The standard InChI is InChI=1S/C42H22BrN3O/c43-25-14-15-29-32-18-19-35-38(33-17-16-31-28-9-2-1-7-26(28)27-8-3-4-10-30(27)37(31)42(33)47-35)41(32)46(34(29)22-25)36-20-13-24-12-11-23-6-5-21-44-39(23)40(24)45-36/h1-22H. The second-order valence-electron chi connectivity index (χ2n) is 12.3. The molecule has 0 amide bonds. The van der Waals surface area contributed by atoms with E-state index in [2.05, 4.69) is 142 Å². The quantitative estimate of drug-likeness (QED) is 0.164. The molecule has 218 valence electrons. The fraction of sp³-hybridized carbons (Fsp3) is 0. The van der Waals surface area contributed by atoms with Crippen LogP contribution in [-0.2, 0) is 0 Å². The van der Waals surface area contributed by atoms with E-state index in [1.54, 1.807) is 0 Å². The number of hydrogen-bond donors (Lipinski definition) is 0. The second-order valence-corrected chi connectivity index (χ2v) is 13.2. The summed E-state index contributed by atoms with van der Waals surface area (Å²) < 4.78 is 10.2. The van der Waals surface area contributed by atoms with Gasteiger partial charge in [0.05, 0.1) is 27.5 Å². The molecule has 0 saturated heterocycles. The molecule has 0 radical (unpaired) electrons. The number of aromatic nitrogens is 3. The van der Waals surface area contributed by atoms with Gasteiger partial charge in [0, 0.05) is 43.0 Å². The number of pyridine rings is 2. The fourth-order valence-electron chi connectivity index (χ4n) is 7.86. The second kappa shape index (κ2) is 9.15. The largest absolute Gasteiger partial charge is 0.455 e. The predicted octanol–water partition coefficient (Wildman–Crippen LogP) is 12.0. The Labute approximate surface area is 275 Å². The van der Waals surface area contributed by atoms with E-state index in [4.69, 9.17) is 14.4 Å². The van der Waals surface area contributed by atoms with E-state index in [1.807, 2.05) is 12.3 Å². The van der Waals surface area contributed by atoms with Crippen LogP contribution in [0.4, 0.5) is 0 Å². The molecule has 5 heteroatoms. The highest BCUT2D eigenvalue weighted by Crippen LogP contribution is 2.45. The molecular weight excluding hydrogens is 642 g/mol. The number of furan rings is 1. The van der Waals surface area contributed by atoms with Gasteiger partial charge in [-0.15, -0.1) is 0 Å². The average Bonchev–Trinajstić information content (AvgIpc) is 3.66. The molecule has 0 bridgehead atoms. The predicted molar refractivity (Wildman–Crippen MR) is 199 cm³/mol. The van der Waals surface area contributed by atoms with Gasteiger partial charge in [-0.2, -0.15) is 0 Å². The monoisotopic (exact) mass is 663 g/mol. The van der Waals surface area contributed by atoms with Crippen molar-refractivity contribution in [1.29, 1.82) is 0 Å². The molecule has 0 atom stereocenters. The van der Waals surface area contributed by atoms with Gasteiger partial charge < -0.3 is 4.42 Å². The van der Waals surface area contributed by atoms with Crippen LogP contribution in [0.5, 0.6) is 0 Å². The van der Waals surface area contributed by atoms with Gasteiger partial charge >= 0.3 is 0 Å². The van der Waals surface area contributed by atoms with Gasteiger partial charge in [0.15, 0.2) is 0 Å². The van der Waals surface area contributed by atoms with E-state index in [0.717, 1.165) is 81.2 Å². The third kappa shape index (κ3) is 3.36. The smallest absolute Gasteiger partial charge is 0.143 e. The number of rotatable bonds is 1. The Morgan fingerprint density at radius 3 is 2.02 bits per heavy atom. The molecule has 0 aliphatic heterocycles. The molecule has 4 heterocycles. The van der Waals surface area contributed by atoms with Crippen LogP contribution in [0.2, 0.25) is 0 Å². The van der Waals surface area contributed by atoms with Crippen molar-refractivity contribution < 1.29 is 4.42 Å². The summed E-state index contributed by atoms with van der Waals surface area (Å²) in [6.07, 6.45) is 1.84. The Morgan fingerprint density at radius 1 is 0.532 bits per heavy atom. The lowest BCUT2D eigenvalue weighted by atomic mass is 9.93. The molecule has 0 saturated carbocycles. The van der Waals surface area contributed by atoms with Crippen molar-refractivity contribution in [2.75, 3.05) is 0 Å². The van der Waals surface area contributed by atoms with Gasteiger partial charge in [0.1, 0.15) is 17.0 Å². The van der Waals surface area contributed by atoms with Crippen molar-refractivity contribution in [2.45, 2.75) is 0 Å². The minimum atomic E-state index is 0.841. The Morgan fingerprint density at radius 2 is 1.19 bits per heavy atom. The SMILES string of the molecule is Brc1ccc2c3ccc4oc5c(ccc6c7ccccc7c7ccccc7c65)c4c3n(-c3ccc4ccc5cccnc5c4n3)c2c1. The van der Waals surface area contributed by atoms with E-state index < -0.39 is 0 Å². The summed E-state index contributed by atoms with van der Waals surface area (Å²) in [5.41, 5.74) is 5.71. The maximum atomic E-state index is 6.92. The van der Waals surface area contributed by atoms with Gasteiger partial charge in [-0.25, -0.2) is 4.98 Å². The van der Waals surface area contributed by atoms with Crippen molar-refractivity contribution in [3.63, 3.8) is 0 Å². The first-order chi connectivity index (χ1) is 23.2. The normalized spacial score (nSPS) is 12.4. The molecular formula is C42H22BrN3O. The van der Waals surface area contributed by atoms with Crippen molar-refractivity contribution in [1.82, 2.24) is 14.5 Å². The van der Waals surface area contributed by atoms with E-state index in [9.17, 15) is 0 Å². The van der Waals surface area contributed by atoms with E-state index in [-0.39, 0.29) is 0 Å². The minimum Gasteiger partial charge on any atom is -0.455 e. The van der Waals surface area contributed by atoms with Crippen molar-refractivity contribution >= 4 is 114 Å². The topological polar surface area (TPSA) is 43.9 Å². The van der Waals surface area contributed by atoms with Crippen LogP contribution < -0.4 is 0 Å². The molecule has 0 spiro atoms. The lowest BCUT2D eigenvalue weighted by Crippen LogP contribution is -1.98. The third-order valence-corrected chi connectivity index (χ3v) is 10.3. The first-order valence-corrected chi connectivity index (χ1v) is 16.5. The molecule has 4 nitrogen and oxygen atoms in total. The lowest BCUT2D eigenvalue weighted by Gasteiger charge is -2.11. The number of fused-ring (bicyclic) bond motifs is 17. The summed E-state index contributed by atoms with van der Waals surface area (Å²) in [7, 11) is 0. The highest BCUT2D eigenvalue weighted by atomic mass is 79.9. The van der Waals surface area contributed by atoms with Crippen LogP contribution in [0.15, 0.2) is 142 Å². The summed E-state index contributed by atoms with van der Waals surface area (Å²) in [6.45, 7) is 0. The summed E-state index contributed by atoms with van der Waals surface area (Å²) >= 11 is 3.76. The molecule has 11 aromatic rings. The maximum Gasteiger partial charge on any atom is 0.143 e. The molecule has 0 fully saturated rings. The highest BCUT2D eigenvalue weighted by Gasteiger charge is 2.22.